The number of aliphatic imine (C=N–C) groups is 1. The second kappa shape index (κ2) is 6.16. The number of benzene rings is 1. The molecule has 1 aromatic rings. The van der Waals surface area contributed by atoms with Gasteiger partial charge in [0.05, 0.1) is 23.7 Å². The van der Waals surface area contributed by atoms with Crippen LogP contribution in [0.5, 0.6) is 0 Å². The summed E-state index contributed by atoms with van der Waals surface area (Å²) in [6.07, 6.45) is 3.24. The Morgan fingerprint density at radius 3 is 2.60 bits per heavy atom. The normalized spacial score (nSPS) is 16.9. The molecule has 0 aromatic heterocycles. The molecule has 0 aliphatic heterocycles. The smallest absolute Gasteiger partial charge is 0.183 e. The number of anilines is 1. The maximum atomic E-state index is 11.7. The SMILES string of the molecule is CC1=C/C(=N/c2ccc(N)cc2)C(NCCO)=CC1=O. The number of allylic oxidation sites excluding steroid dienone is 3. The monoisotopic (exact) mass is 271 g/mol. The largest absolute Gasteiger partial charge is 0.399 e. The Hall–Kier alpha value is -2.40. The molecule has 0 spiro atoms. The van der Waals surface area contributed by atoms with E-state index in [-0.39, 0.29) is 12.4 Å². The summed E-state index contributed by atoms with van der Waals surface area (Å²) in [6, 6.07) is 7.17. The van der Waals surface area contributed by atoms with Gasteiger partial charge in [-0.15, -0.1) is 0 Å². The maximum Gasteiger partial charge on any atom is 0.183 e. The van der Waals surface area contributed by atoms with Gasteiger partial charge in [-0.1, -0.05) is 0 Å². The van der Waals surface area contributed by atoms with Crippen LogP contribution in [0.15, 0.2) is 52.7 Å². The van der Waals surface area contributed by atoms with Crippen LogP contribution in [0.2, 0.25) is 0 Å². The van der Waals surface area contributed by atoms with E-state index in [1.807, 2.05) is 12.1 Å². The summed E-state index contributed by atoms with van der Waals surface area (Å²) in [5.74, 6) is -0.0540. The van der Waals surface area contributed by atoms with Crippen molar-refractivity contribution in [2.24, 2.45) is 4.99 Å². The number of carbonyl (C=O) groups excluding carboxylic acids is 1. The molecule has 0 bridgehead atoms. The Morgan fingerprint density at radius 2 is 1.95 bits per heavy atom. The van der Waals surface area contributed by atoms with Crippen LogP contribution >= 0.6 is 0 Å². The van der Waals surface area contributed by atoms with Crippen LogP contribution in [0, 0.1) is 0 Å². The third kappa shape index (κ3) is 3.33. The molecule has 0 radical (unpaired) electrons. The highest BCUT2D eigenvalue weighted by Crippen LogP contribution is 2.18. The number of aliphatic hydroxyl groups is 1. The van der Waals surface area contributed by atoms with Gasteiger partial charge in [0.1, 0.15) is 0 Å². The van der Waals surface area contributed by atoms with E-state index in [4.69, 9.17) is 10.8 Å². The summed E-state index contributed by atoms with van der Waals surface area (Å²) >= 11 is 0. The predicted molar refractivity (Wildman–Crippen MR) is 79.9 cm³/mol. The van der Waals surface area contributed by atoms with E-state index in [1.165, 1.54) is 6.08 Å². The summed E-state index contributed by atoms with van der Waals surface area (Å²) in [4.78, 5) is 16.2. The number of aliphatic hydroxyl groups excluding tert-OH is 1. The molecule has 5 heteroatoms. The van der Waals surface area contributed by atoms with Crippen LogP contribution in [0.1, 0.15) is 6.92 Å². The van der Waals surface area contributed by atoms with Crippen molar-refractivity contribution in [1.29, 1.82) is 0 Å². The number of nitrogens with two attached hydrogens (primary N) is 1. The number of hydrogen-bond acceptors (Lipinski definition) is 5. The Bertz CT molecular complexity index is 598. The lowest BCUT2D eigenvalue weighted by Gasteiger charge is -2.15. The highest BCUT2D eigenvalue weighted by atomic mass is 16.3. The van der Waals surface area contributed by atoms with Crippen LogP contribution in [0.4, 0.5) is 11.4 Å². The molecular formula is C15H17N3O2. The summed E-state index contributed by atoms with van der Waals surface area (Å²) in [7, 11) is 0. The summed E-state index contributed by atoms with van der Waals surface area (Å²) in [5.41, 5.74) is 8.98. The Labute approximate surface area is 117 Å². The van der Waals surface area contributed by atoms with Crippen molar-refractivity contribution in [3.63, 3.8) is 0 Å². The molecule has 0 amide bonds. The molecule has 1 aliphatic carbocycles. The van der Waals surface area contributed by atoms with Gasteiger partial charge >= 0.3 is 0 Å². The lowest BCUT2D eigenvalue weighted by atomic mass is 10.0. The Balaban J connectivity index is 2.32. The number of hydrogen-bond donors (Lipinski definition) is 3. The van der Waals surface area contributed by atoms with Gasteiger partial charge in [0, 0.05) is 18.3 Å². The summed E-state index contributed by atoms with van der Waals surface area (Å²) in [6.45, 7) is 2.11. The number of rotatable bonds is 4. The number of nitrogen functional groups attached to an aromatic ring is 1. The fraction of sp³-hybridized carbons (Fsp3) is 0.200. The Morgan fingerprint density at radius 1 is 1.25 bits per heavy atom. The van der Waals surface area contributed by atoms with Gasteiger partial charge in [-0.3, -0.25) is 4.79 Å². The van der Waals surface area contributed by atoms with Gasteiger partial charge in [0.2, 0.25) is 0 Å². The van der Waals surface area contributed by atoms with Gasteiger partial charge in [-0.05, 0) is 42.8 Å². The molecule has 0 saturated carbocycles. The first-order chi connectivity index (χ1) is 9.60. The topological polar surface area (TPSA) is 87.7 Å². The third-order valence-corrected chi connectivity index (χ3v) is 2.86. The second-order valence-electron chi connectivity index (χ2n) is 4.49. The molecule has 1 aliphatic rings. The average molecular weight is 271 g/mol. The van der Waals surface area contributed by atoms with Crippen LogP contribution in [-0.4, -0.2) is 29.8 Å². The highest BCUT2D eigenvalue weighted by molar-refractivity contribution is 6.22. The lowest BCUT2D eigenvalue weighted by molar-refractivity contribution is -0.111. The van der Waals surface area contributed by atoms with Crippen molar-refractivity contribution >= 4 is 22.9 Å². The molecule has 104 valence electrons. The molecular weight excluding hydrogens is 254 g/mol. The minimum atomic E-state index is -0.0540. The maximum absolute atomic E-state index is 11.7. The van der Waals surface area contributed by atoms with Crippen molar-refractivity contribution in [3.05, 3.63) is 47.7 Å². The van der Waals surface area contributed by atoms with Gasteiger partial charge < -0.3 is 16.2 Å². The van der Waals surface area contributed by atoms with Gasteiger partial charge in [0.15, 0.2) is 5.78 Å². The molecule has 0 fully saturated rings. The molecule has 0 heterocycles. The Kier molecular flexibility index (Phi) is 4.32. The van der Waals surface area contributed by atoms with E-state index in [2.05, 4.69) is 10.3 Å². The van der Waals surface area contributed by atoms with Gasteiger partial charge in [0.25, 0.3) is 0 Å². The van der Waals surface area contributed by atoms with Crippen molar-refractivity contribution in [3.8, 4) is 0 Å². The standard InChI is InChI=1S/C15H17N3O2/c1-10-8-14(13(9-15(10)20)17-6-7-19)18-12-4-2-11(16)3-5-12/h2-5,8-9,17,19H,6-7,16H2,1H3/b18-14-. The molecule has 0 unspecified atom stereocenters. The van der Waals surface area contributed by atoms with E-state index in [1.54, 1.807) is 25.1 Å². The third-order valence-electron chi connectivity index (χ3n) is 2.86. The predicted octanol–water partition coefficient (Wildman–Crippen LogP) is 1.34. The van der Waals surface area contributed by atoms with Crippen molar-refractivity contribution in [1.82, 2.24) is 5.32 Å². The van der Waals surface area contributed by atoms with Crippen molar-refractivity contribution in [2.45, 2.75) is 6.92 Å². The van der Waals surface area contributed by atoms with E-state index in [9.17, 15) is 4.79 Å². The lowest BCUT2D eigenvalue weighted by Crippen LogP contribution is -2.26. The molecule has 4 N–H and O–H groups in total. The number of carbonyl (C=O) groups is 1. The minimum absolute atomic E-state index is 0.0105. The number of nitrogens with one attached hydrogen (secondary N) is 1. The molecule has 5 nitrogen and oxygen atoms in total. The van der Waals surface area contributed by atoms with E-state index < -0.39 is 0 Å². The molecule has 20 heavy (non-hydrogen) atoms. The van der Waals surface area contributed by atoms with Crippen LogP contribution in [0.25, 0.3) is 0 Å². The highest BCUT2D eigenvalue weighted by Gasteiger charge is 2.15. The molecule has 0 saturated heterocycles. The van der Waals surface area contributed by atoms with E-state index in [0.29, 0.717) is 29.2 Å². The second-order valence-corrected chi connectivity index (χ2v) is 4.49. The summed E-state index contributed by atoms with van der Waals surface area (Å²) < 4.78 is 0. The first kappa shape index (κ1) is 14.0. The zero-order valence-electron chi connectivity index (χ0n) is 11.3. The molecule has 0 atom stereocenters. The van der Waals surface area contributed by atoms with Crippen LogP contribution in [-0.2, 0) is 4.79 Å². The van der Waals surface area contributed by atoms with Gasteiger partial charge in [-0.2, -0.15) is 0 Å². The average Bonchev–Trinajstić information content (AvgIpc) is 2.43. The van der Waals surface area contributed by atoms with Gasteiger partial charge in [-0.25, -0.2) is 4.99 Å². The van der Waals surface area contributed by atoms with Crippen LogP contribution in [0.3, 0.4) is 0 Å². The summed E-state index contributed by atoms with van der Waals surface area (Å²) in [5, 5.41) is 11.9. The van der Waals surface area contributed by atoms with Crippen molar-refractivity contribution in [2.75, 3.05) is 18.9 Å². The first-order valence-electron chi connectivity index (χ1n) is 6.34. The van der Waals surface area contributed by atoms with E-state index >= 15 is 0 Å². The first-order valence-corrected chi connectivity index (χ1v) is 6.34. The fourth-order valence-corrected chi connectivity index (χ4v) is 1.79. The zero-order chi connectivity index (χ0) is 14.5. The fourth-order valence-electron chi connectivity index (χ4n) is 1.79. The molecule has 1 aromatic carbocycles. The number of ketones is 1. The van der Waals surface area contributed by atoms with Crippen molar-refractivity contribution < 1.29 is 9.90 Å². The van der Waals surface area contributed by atoms with E-state index in [0.717, 1.165) is 5.69 Å². The zero-order valence-corrected chi connectivity index (χ0v) is 11.3. The minimum Gasteiger partial charge on any atom is -0.399 e. The van der Waals surface area contributed by atoms with Crippen LogP contribution < -0.4 is 11.1 Å². The number of nitrogens with zero attached hydrogens (tertiary/aromatic N) is 1. The quantitative estimate of drug-likeness (QED) is 0.569. The molecule has 2 rings (SSSR count).